The quantitative estimate of drug-likeness (QED) is 0.911. The van der Waals surface area contributed by atoms with E-state index in [0.717, 1.165) is 19.6 Å². The number of amides is 1. The summed E-state index contributed by atoms with van der Waals surface area (Å²) in [5.74, 6) is 1.25. The van der Waals surface area contributed by atoms with E-state index in [-0.39, 0.29) is 24.9 Å². The van der Waals surface area contributed by atoms with Gasteiger partial charge in [-0.25, -0.2) is 0 Å². The Hall–Kier alpha value is -1.46. The highest BCUT2D eigenvalue weighted by atomic mass is 35.5. The number of halogens is 1. The average Bonchev–Trinajstić information content (AvgIpc) is 2.45. The summed E-state index contributed by atoms with van der Waals surface area (Å²) in [6.45, 7) is 4.42. The van der Waals surface area contributed by atoms with E-state index in [1.54, 1.807) is 13.2 Å². The largest absolute Gasteiger partial charge is 0.493 e. The number of ether oxygens (including phenoxy) is 2. The molecule has 6 heteroatoms. The van der Waals surface area contributed by atoms with Crippen LogP contribution in [-0.2, 0) is 4.79 Å². The van der Waals surface area contributed by atoms with E-state index in [0.29, 0.717) is 17.5 Å². The van der Waals surface area contributed by atoms with Gasteiger partial charge in [-0.3, -0.25) is 4.79 Å². The van der Waals surface area contributed by atoms with Crippen LogP contribution in [0, 0.1) is 0 Å². The third kappa shape index (κ3) is 4.28. The Morgan fingerprint density at radius 2 is 2.10 bits per heavy atom. The lowest BCUT2D eigenvalue weighted by Crippen LogP contribution is -2.52. The Labute approximate surface area is 125 Å². The lowest BCUT2D eigenvalue weighted by molar-refractivity contribution is -0.134. The van der Waals surface area contributed by atoms with Gasteiger partial charge in [-0.15, -0.1) is 12.4 Å². The fourth-order valence-electron chi connectivity index (χ4n) is 2.13. The van der Waals surface area contributed by atoms with Gasteiger partial charge in [-0.05, 0) is 19.1 Å². The van der Waals surface area contributed by atoms with Crippen molar-refractivity contribution in [1.29, 1.82) is 0 Å². The van der Waals surface area contributed by atoms with E-state index >= 15 is 0 Å². The number of piperazine rings is 1. The molecule has 1 fully saturated rings. The topological polar surface area (TPSA) is 50.8 Å². The Kier molecular flexibility index (Phi) is 6.61. The minimum Gasteiger partial charge on any atom is -0.493 e. The van der Waals surface area contributed by atoms with Gasteiger partial charge in [-0.1, -0.05) is 12.1 Å². The second-order valence-electron chi connectivity index (χ2n) is 4.63. The molecule has 1 aliphatic rings. The van der Waals surface area contributed by atoms with Gasteiger partial charge in [0, 0.05) is 25.7 Å². The van der Waals surface area contributed by atoms with Crippen molar-refractivity contribution in [2.45, 2.75) is 13.0 Å². The number of benzene rings is 1. The van der Waals surface area contributed by atoms with Crippen LogP contribution in [0.15, 0.2) is 24.3 Å². The molecule has 1 amide bonds. The van der Waals surface area contributed by atoms with Gasteiger partial charge in [0.25, 0.3) is 5.91 Å². The molecule has 0 aromatic heterocycles. The van der Waals surface area contributed by atoms with Gasteiger partial charge in [0.1, 0.15) is 0 Å². The summed E-state index contributed by atoms with van der Waals surface area (Å²) < 4.78 is 10.7. The molecule has 0 saturated carbocycles. The van der Waals surface area contributed by atoms with Crippen LogP contribution in [0.2, 0.25) is 0 Å². The minimum atomic E-state index is 0. The van der Waals surface area contributed by atoms with Gasteiger partial charge >= 0.3 is 0 Å². The molecule has 112 valence electrons. The lowest BCUT2D eigenvalue weighted by atomic mass is 10.2. The maximum Gasteiger partial charge on any atom is 0.260 e. The zero-order chi connectivity index (χ0) is 13.7. The zero-order valence-corrected chi connectivity index (χ0v) is 12.6. The molecule has 1 aliphatic heterocycles. The molecule has 1 heterocycles. The highest BCUT2D eigenvalue weighted by Crippen LogP contribution is 2.25. The normalized spacial score (nSPS) is 18.1. The van der Waals surface area contributed by atoms with Crippen molar-refractivity contribution < 1.29 is 14.3 Å². The molecule has 0 aliphatic carbocycles. The number of nitrogens with zero attached hydrogens (tertiary/aromatic N) is 1. The van der Waals surface area contributed by atoms with Crippen LogP contribution in [-0.4, -0.2) is 50.2 Å². The van der Waals surface area contributed by atoms with Crippen molar-refractivity contribution >= 4 is 18.3 Å². The highest BCUT2D eigenvalue weighted by Gasteiger charge is 2.20. The fourth-order valence-corrected chi connectivity index (χ4v) is 2.13. The van der Waals surface area contributed by atoms with E-state index in [1.165, 1.54) is 0 Å². The summed E-state index contributed by atoms with van der Waals surface area (Å²) in [6, 6.07) is 7.67. The molecule has 1 aromatic rings. The predicted molar refractivity (Wildman–Crippen MR) is 79.8 cm³/mol. The molecule has 1 aromatic carbocycles. The van der Waals surface area contributed by atoms with Crippen LogP contribution in [0.4, 0.5) is 0 Å². The Bertz CT molecular complexity index is 442. The van der Waals surface area contributed by atoms with Crippen LogP contribution in [0.3, 0.4) is 0 Å². The molecular formula is C14H21ClN2O3. The predicted octanol–water partition coefficient (Wildman–Crippen LogP) is 1.32. The fraction of sp³-hybridized carbons (Fsp3) is 0.500. The summed E-state index contributed by atoms with van der Waals surface area (Å²) in [5, 5.41) is 3.30. The molecule has 0 spiro atoms. The van der Waals surface area contributed by atoms with E-state index in [1.807, 2.05) is 23.1 Å². The second kappa shape index (κ2) is 7.97. The van der Waals surface area contributed by atoms with Gasteiger partial charge < -0.3 is 19.7 Å². The van der Waals surface area contributed by atoms with Crippen molar-refractivity contribution in [2.24, 2.45) is 0 Å². The molecule has 1 atom stereocenters. The van der Waals surface area contributed by atoms with Crippen LogP contribution in [0.25, 0.3) is 0 Å². The molecule has 5 nitrogen and oxygen atoms in total. The smallest absolute Gasteiger partial charge is 0.260 e. The monoisotopic (exact) mass is 300 g/mol. The van der Waals surface area contributed by atoms with Gasteiger partial charge in [0.2, 0.25) is 0 Å². The molecule has 2 rings (SSSR count). The van der Waals surface area contributed by atoms with Gasteiger partial charge in [0.05, 0.1) is 7.11 Å². The van der Waals surface area contributed by atoms with Crippen LogP contribution < -0.4 is 14.8 Å². The second-order valence-corrected chi connectivity index (χ2v) is 4.63. The number of rotatable bonds is 4. The number of hydrogen-bond donors (Lipinski definition) is 1. The van der Waals surface area contributed by atoms with Crippen LogP contribution in [0.1, 0.15) is 6.92 Å². The average molecular weight is 301 g/mol. The van der Waals surface area contributed by atoms with E-state index < -0.39 is 0 Å². The number of para-hydroxylation sites is 2. The van der Waals surface area contributed by atoms with Gasteiger partial charge in [-0.2, -0.15) is 0 Å². The summed E-state index contributed by atoms with van der Waals surface area (Å²) in [6.07, 6.45) is 0. The Morgan fingerprint density at radius 1 is 1.40 bits per heavy atom. The molecule has 0 radical (unpaired) electrons. The zero-order valence-electron chi connectivity index (χ0n) is 11.8. The highest BCUT2D eigenvalue weighted by molar-refractivity contribution is 5.85. The first kappa shape index (κ1) is 16.6. The minimum absolute atomic E-state index is 0. The maximum atomic E-state index is 12.0. The molecule has 0 bridgehead atoms. The van der Waals surface area contributed by atoms with Crippen molar-refractivity contribution in [3.8, 4) is 11.5 Å². The third-order valence-corrected chi connectivity index (χ3v) is 3.14. The number of hydrogen-bond acceptors (Lipinski definition) is 4. The third-order valence-electron chi connectivity index (χ3n) is 3.14. The van der Waals surface area contributed by atoms with Crippen molar-refractivity contribution in [3.05, 3.63) is 24.3 Å². The number of methoxy groups -OCH3 is 1. The molecular weight excluding hydrogens is 280 g/mol. The van der Waals surface area contributed by atoms with E-state index in [2.05, 4.69) is 12.2 Å². The summed E-state index contributed by atoms with van der Waals surface area (Å²) >= 11 is 0. The SMILES string of the molecule is COc1ccccc1OCC(=O)N1CCNC(C)C1.Cl. The summed E-state index contributed by atoms with van der Waals surface area (Å²) in [5.41, 5.74) is 0. The van der Waals surface area contributed by atoms with Crippen LogP contribution >= 0.6 is 12.4 Å². The Balaban J connectivity index is 0.00000200. The molecule has 1 unspecified atom stereocenters. The van der Waals surface area contributed by atoms with Crippen molar-refractivity contribution in [2.75, 3.05) is 33.4 Å². The molecule has 20 heavy (non-hydrogen) atoms. The van der Waals surface area contributed by atoms with E-state index in [9.17, 15) is 4.79 Å². The molecule has 1 N–H and O–H groups in total. The number of carbonyl (C=O) groups is 1. The van der Waals surface area contributed by atoms with Crippen LogP contribution in [0.5, 0.6) is 11.5 Å². The Morgan fingerprint density at radius 3 is 2.75 bits per heavy atom. The standard InChI is InChI=1S/C14H20N2O3.ClH/c1-11-9-16(8-7-15-11)14(17)10-19-13-6-4-3-5-12(13)18-2;/h3-6,11,15H,7-10H2,1-2H3;1H. The maximum absolute atomic E-state index is 12.0. The van der Waals surface area contributed by atoms with Crippen molar-refractivity contribution in [1.82, 2.24) is 10.2 Å². The van der Waals surface area contributed by atoms with Crippen molar-refractivity contribution in [3.63, 3.8) is 0 Å². The first-order chi connectivity index (χ1) is 9.20. The van der Waals surface area contributed by atoms with E-state index in [4.69, 9.17) is 9.47 Å². The molecule has 1 saturated heterocycles. The lowest BCUT2D eigenvalue weighted by Gasteiger charge is -2.31. The first-order valence-corrected chi connectivity index (χ1v) is 6.47. The summed E-state index contributed by atoms with van der Waals surface area (Å²) in [7, 11) is 1.59. The summed E-state index contributed by atoms with van der Waals surface area (Å²) in [4.78, 5) is 13.9. The number of carbonyl (C=O) groups excluding carboxylic acids is 1. The number of nitrogens with one attached hydrogen (secondary N) is 1. The van der Waals surface area contributed by atoms with Gasteiger partial charge in [0.15, 0.2) is 18.1 Å². The first-order valence-electron chi connectivity index (χ1n) is 6.47.